The van der Waals surface area contributed by atoms with Crippen LogP contribution in [-0.2, 0) is 22.9 Å². The van der Waals surface area contributed by atoms with Crippen LogP contribution in [-0.4, -0.2) is 37.0 Å². The molecule has 1 saturated heterocycles. The number of hydrogen-bond acceptors (Lipinski definition) is 3. The maximum Gasteiger partial charge on any atom is 0.243 e. The van der Waals surface area contributed by atoms with Gasteiger partial charge in [0.05, 0.1) is 4.90 Å². The summed E-state index contributed by atoms with van der Waals surface area (Å²) in [6.07, 6.45) is 6.43. The molecule has 1 aliphatic heterocycles. The Balaban J connectivity index is 1.85. The number of aliphatic hydroxyl groups excluding tert-OH is 1. The van der Waals surface area contributed by atoms with E-state index < -0.39 is 10.0 Å². The number of rotatable bonds is 5. The fourth-order valence-corrected chi connectivity index (χ4v) is 5.36. The van der Waals surface area contributed by atoms with Crippen molar-refractivity contribution < 1.29 is 13.5 Å². The number of aryl methyl sites for hydroxylation is 2. The van der Waals surface area contributed by atoms with E-state index in [4.69, 9.17) is 5.11 Å². The fraction of sp³-hybridized carbons (Fsp3) is 0.625. The van der Waals surface area contributed by atoms with E-state index in [-0.39, 0.29) is 12.6 Å². The zero-order valence-electron chi connectivity index (χ0n) is 12.3. The Bertz CT molecular complexity index is 612. The number of sulfonamides is 1. The van der Waals surface area contributed by atoms with Crippen LogP contribution in [0, 0.1) is 0 Å². The summed E-state index contributed by atoms with van der Waals surface area (Å²) >= 11 is 0. The second kappa shape index (κ2) is 6.07. The molecule has 1 heterocycles. The van der Waals surface area contributed by atoms with Crippen LogP contribution in [0.15, 0.2) is 23.1 Å². The van der Waals surface area contributed by atoms with E-state index in [2.05, 4.69) is 0 Å². The van der Waals surface area contributed by atoms with Crippen molar-refractivity contribution >= 4 is 10.0 Å². The van der Waals surface area contributed by atoms with Crippen molar-refractivity contribution in [3.8, 4) is 0 Å². The lowest BCUT2D eigenvalue weighted by Gasteiger charge is -2.24. The third-order valence-electron chi connectivity index (χ3n) is 4.70. The van der Waals surface area contributed by atoms with Crippen molar-refractivity contribution in [3.63, 3.8) is 0 Å². The van der Waals surface area contributed by atoms with Crippen LogP contribution >= 0.6 is 0 Å². The number of benzene rings is 1. The Morgan fingerprint density at radius 3 is 2.81 bits per heavy atom. The van der Waals surface area contributed by atoms with Gasteiger partial charge in [-0.15, -0.1) is 0 Å². The van der Waals surface area contributed by atoms with Gasteiger partial charge in [0.25, 0.3) is 0 Å². The average molecular weight is 309 g/mol. The first-order chi connectivity index (χ1) is 10.1. The highest BCUT2D eigenvalue weighted by molar-refractivity contribution is 7.89. The zero-order chi connectivity index (χ0) is 14.9. The van der Waals surface area contributed by atoms with Gasteiger partial charge in [0.1, 0.15) is 0 Å². The molecule has 0 radical (unpaired) electrons. The maximum absolute atomic E-state index is 12.9. The largest absolute Gasteiger partial charge is 0.396 e. The molecule has 5 heteroatoms. The van der Waals surface area contributed by atoms with Gasteiger partial charge in [-0.2, -0.15) is 4.31 Å². The van der Waals surface area contributed by atoms with E-state index in [0.717, 1.165) is 38.5 Å². The van der Waals surface area contributed by atoms with E-state index in [1.165, 1.54) is 11.1 Å². The Hall–Kier alpha value is -0.910. The van der Waals surface area contributed by atoms with Crippen molar-refractivity contribution in [2.75, 3.05) is 13.2 Å². The van der Waals surface area contributed by atoms with E-state index in [0.29, 0.717) is 17.9 Å². The van der Waals surface area contributed by atoms with Gasteiger partial charge in [-0.3, -0.25) is 0 Å². The van der Waals surface area contributed by atoms with E-state index in [9.17, 15) is 8.42 Å². The summed E-state index contributed by atoms with van der Waals surface area (Å²) in [5.74, 6) is 0. The minimum atomic E-state index is -3.39. The monoisotopic (exact) mass is 309 g/mol. The summed E-state index contributed by atoms with van der Waals surface area (Å²) in [6.45, 7) is 0.735. The minimum Gasteiger partial charge on any atom is -0.396 e. The fourth-order valence-electron chi connectivity index (χ4n) is 3.59. The first-order valence-electron chi connectivity index (χ1n) is 7.87. The van der Waals surface area contributed by atoms with Crippen LogP contribution in [0.3, 0.4) is 0 Å². The van der Waals surface area contributed by atoms with Crippen molar-refractivity contribution in [2.45, 2.75) is 55.9 Å². The molecular formula is C16H23NO3S. The quantitative estimate of drug-likeness (QED) is 0.906. The first-order valence-corrected chi connectivity index (χ1v) is 9.31. The summed E-state index contributed by atoms with van der Waals surface area (Å²) in [5.41, 5.74) is 2.49. The van der Waals surface area contributed by atoms with Crippen LogP contribution in [0.25, 0.3) is 0 Å². The predicted molar refractivity (Wildman–Crippen MR) is 81.7 cm³/mol. The van der Waals surface area contributed by atoms with Crippen molar-refractivity contribution in [1.29, 1.82) is 0 Å². The molecule has 0 amide bonds. The summed E-state index contributed by atoms with van der Waals surface area (Å²) < 4.78 is 27.4. The molecule has 0 saturated carbocycles. The second-order valence-corrected chi connectivity index (χ2v) is 7.95. The molecule has 1 aromatic rings. The Kier molecular flexibility index (Phi) is 4.33. The third-order valence-corrected chi connectivity index (χ3v) is 6.64. The van der Waals surface area contributed by atoms with Gasteiger partial charge < -0.3 is 5.11 Å². The molecule has 1 aromatic carbocycles. The maximum atomic E-state index is 12.9. The molecule has 3 rings (SSSR count). The van der Waals surface area contributed by atoms with E-state index >= 15 is 0 Å². The van der Waals surface area contributed by atoms with Gasteiger partial charge in [-0.05, 0) is 68.2 Å². The zero-order valence-corrected chi connectivity index (χ0v) is 13.1. The Morgan fingerprint density at radius 1 is 1.19 bits per heavy atom. The number of nitrogens with zero attached hydrogens (tertiary/aromatic N) is 1. The molecule has 0 spiro atoms. The summed E-state index contributed by atoms with van der Waals surface area (Å²) in [4.78, 5) is 0.444. The summed E-state index contributed by atoms with van der Waals surface area (Å²) in [7, 11) is -3.39. The molecule has 21 heavy (non-hydrogen) atoms. The lowest BCUT2D eigenvalue weighted by molar-refractivity contribution is 0.264. The lowest BCUT2D eigenvalue weighted by Crippen LogP contribution is -2.35. The second-order valence-electron chi connectivity index (χ2n) is 6.06. The topological polar surface area (TPSA) is 57.6 Å². The summed E-state index contributed by atoms with van der Waals surface area (Å²) in [6, 6.07) is 5.67. The van der Waals surface area contributed by atoms with Gasteiger partial charge in [0, 0.05) is 19.2 Å². The van der Waals surface area contributed by atoms with Gasteiger partial charge >= 0.3 is 0 Å². The van der Waals surface area contributed by atoms with Crippen LogP contribution < -0.4 is 0 Å². The van der Waals surface area contributed by atoms with E-state index in [1.807, 2.05) is 12.1 Å². The minimum absolute atomic E-state index is 0.0513. The molecule has 1 unspecified atom stereocenters. The van der Waals surface area contributed by atoms with Crippen molar-refractivity contribution in [1.82, 2.24) is 4.31 Å². The Morgan fingerprint density at radius 2 is 2.00 bits per heavy atom. The first kappa shape index (κ1) is 15.0. The average Bonchev–Trinajstić information content (AvgIpc) is 3.13. The highest BCUT2D eigenvalue weighted by atomic mass is 32.2. The van der Waals surface area contributed by atoms with Gasteiger partial charge in [-0.1, -0.05) is 6.07 Å². The van der Waals surface area contributed by atoms with Crippen molar-refractivity contribution in [2.24, 2.45) is 0 Å². The lowest BCUT2D eigenvalue weighted by atomic mass is 10.1. The van der Waals surface area contributed by atoms with Crippen molar-refractivity contribution in [3.05, 3.63) is 29.3 Å². The highest BCUT2D eigenvalue weighted by Crippen LogP contribution is 2.31. The summed E-state index contributed by atoms with van der Waals surface area (Å²) in [5, 5.41) is 8.97. The van der Waals surface area contributed by atoms with E-state index in [1.54, 1.807) is 10.4 Å². The van der Waals surface area contributed by atoms with Gasteiger partial charge in [0.15, 0.2) is 0 Å². The predicted octanol–water partition coefficient (Wildman–Crippen LogP) is 2.10. The molecule has 2 aliphatic rings. The standard InChI is InChI=1S/C16H23NO3S/c18-11-3-7-15-6-2-10-17(15)21(19,20)16-9-8-13-4-1-5-14(13)12-16/h8-9,12,15,18H,1-7,10-11H2. The van der Waals surface area contributed by atoms with Crippen LogP contribution in [0.1, 0.15) is 43.2 Å². The van der Waals surface area contributed by atoms with Gasteiger partial charge in [0.2, 0.25) is 10.0 Å². The smallest absolute Gasteiger partial charge is 0.243 e. The molecule has 0 aromatic heterocycles. The van der Waals surface area contributed by atoms with Crippen LogP contribution in [0.4, 0.5) is 0 Å². The molecule has 4 nitrogen and oxygen atoms in total. The molecular weight excluding hydrogens is 286 g/mol. The molecule has 1 atom stereocenters. The number of hydrogen-bond donors (Lipinski definition) is 1. The third kappa shape index (κ3) is 2.87. The Labute approximate surface area is 126 Å². The van der Waals surface area contributed by atoms with Gasteiger partial charge in [-0.25, -0.2) is 8.42 Å². The molecule has 1 aliphatic carbocycles. The van der Waals surface area contributed by atoms with Crippen LogP contribution in [0.2, 0.25) is 0 Å². The molecule has 0 bridgehead atoms. The normalized spacial score (nSPS) is 22.6. The number of fused-ring (bicyclic) bond motifs is 1. The van der Waals surface area contributed by atoms with Crippen LogP contribution in [0.5, 0.6) is 0 Å². The molecule has 1 fully saturated rings. The number of aliphatic hydroxyl groups is 1. The highest BCUT2D eigenvalue weighted by Gasteiger charge is 2.35. The molecule has 1 N–H and O–H groups in total. The SMILES string of the molecule is O=S(=O)(c1ccc2c(c1)CCC2)N1CCCC1CCCO. The molecule has 116 valence electrons.